The van der Waals surface area contributed by atoms with E-state index in [1.54, 1.807) is 6.92 Å². The molecule has 80 valence electrons. The molecule has 2 rings (SSSR count). The van der Waals surface area contributed by atoms with Crippen molar-refractivity contribution in [2.45, 2.75) is 44.0 Å². The van der Waals surface area contributed by atoms with Gasteiger partial charge < -0.3 is 14.2 Å². The molecule has 0 spiro atoms. The molecule has 2 fully saturated rings. The summed E-state index contributed by atoms with van der Waals surface area (Å²) in [5.74, 6) is -0.310. The van der Waals surface area contributed by atoms with Gasteiger partial charge in [0, 0.05) is 6.61 Å². The average Bonchev–Trinajstić information content (AvgIpc) is 2.62. The molecule has 2 aliphatic rings. The molecule has 4 nitrogen and oxygen atoms in total. The van der Waals surface area contributed by atoms with E-state index < -0.39 is 11.2 Å². The third kappa shape index (κ3) is 1.10. The van der Waals surface area contributed by atoms with E-state index >= 15 is 0 Å². The smallest absolute Gasteiger partial charge is 0.341 e. The van der Waals surface area contributed by atoms with Gasteiger partial charge in [0.25, 0.3) is 0 Å². The van der Waals surface area contributed by atoms with Crippen LogP contribution in [0.1, 0.15) is 26.7 Å². The van der Waals surface area contributed by atoms with Crippen LogP contribution >= 0.6 is 0 Å². The highest BCUT2D eigenvalue weighted by atomic mass is 16.7. The number of ether oxygens (including phenoxy) is 3. The molecule has 3 unspecified atom stereocenters. The number of hydrogen-bond acceptors (Lipinski definition) is 4. The lowest BCUT2D eigenvalue weighted by Gasteiger charge is -2.17. The van der Waals surface area contributed by atoms with Crippen LogP contribution in [0.5, 0.6) is 0 Å². The second kappa shape index (κ2) is 2.94. The lowest BCUT2D eigenvalue weighted by Crippen LogP contribution is -2.38. The lowest BCUT2D eigenvalue weighted by molar-refractivity contribution is -0.146. The van der Waals surface area contributed by atoms with Crippen LogP contribution in [0.4, 0.5) is 0 Å². The molecule has 0 radical (unpaired) electrons. The molecule has 2 saturated heterocycles. The zero-order chi connectivity index (χ0) is 10.4. The molecule has 0 bridgehead atoms. The Morgan fingerprint density at radius 2 is 2.21 bits per heavy atom. The average molecular weight is 200 g/mol. The number of carbonyl (C=O) groups is 1. The van der Waals surface area contributed by atoms with Gasteiger partial charge in [-0.05, 0) is 26.7 Å². The maximum Gasteiger partial charge on any atom is 0.341 e. The van der Waals surface area contributed by atoms with E-state index in [0.29, 0.717) is 0 Å². The Morgan fingerprint density at radius 3 is 2.71 bits per heavy atom. The molecule has 2 heterocycles. The summed E-state index contributed by atoms with van der Waals surface area (Å²) >= 11 is 0. The van der Waals surface area contributed by atoms with Crippen LogP contribution in [0.25, 0.3) is 0 Å². The van der Waals surface area contributed by atoms with Crippen molar-refractivity contribution in [1.82, 2.24) is 0 Å². The van der Waals surface area contributed by atoms with Gasteiger partial charge in [-0.2, -0.15) is 0 Å². The Morgan fingerprint density at radius 1 is 1.50 bits per heavy atom. The summed E-state index contributed by atoms with van der Waals surface area (Å²) < 4.78 is 15.8. The number of rotatable bonds is 2. The molecule has 14 heavy (non-hydrogen) atoms. The van der Waals surface area contributed by atoms with Gasteiger partial charge in [-0.15, -0.1) is 0 Å². The molecule has 3 atom stereocenters. The fourth-order valence-electron chi connectivity index (χ4n) is 2.22. The summed E-state index contributed by atoms with van der Waals surface area (Å²) in [7, 11) is 1.38. The Bertz CT molecular complexity index is 259. The van der Waals surface area contributed by atoms with Crippen LogP contribution in [0.3, 0.4) is 0 Å². The van der Waals surface area contributed by atoms with E-state index in [-0.39, 0.29) is 12.1 Å². The standard InChI is InChI=1S/C10H16O4/c1-9(7-5-4-6-13-7)10(2,14-9)8(11)12-3/h7H,4-6H2,1-3H3. The first-order valence-electron chi connectivity index (χ1n) is 4.95. The molecule has 0 aromatic rings. The maximum atomic E-state index is 11.5. The van der Waals surface area contributed by atoms with Crippen molar-refractivity contribution in [2.75, 3.05) is 13.7 Å². The van der Waals surface area contributed by atoms with Gasteiger partial charge in [0.15, 0.2) is 5.60 Å². The summed E-state index contributed by atoms with van der Waals surface area (Å²) in [6.45, 7) is 4.45. The molecule has 0 aromatic heterocycles. The summed E-state index contributed by atoms with van der Waals surface area (Å²) in [5, 5.41) is 0. The van der Waals surface area contributed by atoms with Crippen molar-refractivity contribution in [1.29, 1.82) is 0 Å². The number of hydrogen-bond donors (Lipinski definition) is 0. The van der Waals surface area contributed by atoms with Crippen molar-refractivity contribution < 1.29 is 19.0 Å². The van der Waals surface area contributed by atoms with Crippen LogP contribution in [-0.2, 0) is 19.0 Å². The van der Waals surface area contributed by atoms with Crippen molar-refractivity contribution >= 4 is 5.97 Å². The highest BCUT2D eigenvalue weighted by molar-refractivity contribution is 5.84. The van der Waals surface area contributed by atoms with Crippen LogP contribution in [-0.4, -0.2) is 37.0 Å². The Balaban J connectivity index is 2.10. The summed E-state index contributed by atoms with van der Waals surface area (Å²) in [4.78, 5) is 11.5. The second-order valence-electron chi connectivity index (χ2n) is 4.24. The van der Waals surface area contributed by atoms with Crippen molar-refractivity contribution in [3.05, 3.63) is 0 Å². The third-order valence-electron chi connectivity index (χ3n) is 3.44. The van der Waals surface area contributed by atoms with E-state index in [0.717, 1.165) is 19.4 Å². The van der Waals surface area contributed by atoms with Gasteiger partial charge >= 0.3 is 5.97 Å². The van der Waals surface area contributed by atoms with Crippen LogP contribution in [0.2, 0.25) is 0 Å². The minimum atomic E-state index is -0.809. The van der Waals surface area contributed by atoms with Gasteiger partial charge in [-0.1, -0.05) is 0 Å². The molecular formula is C10H16O4. The Hall–Kier alpha value is -0.610. The normalized spacial score (nSPS) is 46.4. The molecule has 4 heteroatoms. The summed E-state index contributed by atoms with van der Waals surface area (Å²) in [5.41, 5.74) is -1.30. The first-order valence-corrected chi connectivity index (χ1v) is 4.95. The predicted molar refractivity (Wildman–Crippen MR) is 48.9 cm³/mol. The van der Waals surface area contributed by atoms with Gasteiger partial charge in [0.2, 0.25) is 0 Å². The number of carbonyl (C=O) groups excluding carboxylic acids is 1. The highest BCUT2D eigenvalue weighted by Gasteiger charge is 2.73. The fourth-order valence-corrected chi connectivity index (χ4v) is 2.22. The SMILES string of the molecule is COC(=O)C1(C)OC1(C)C1CCCO1. The zero-order valence-corrected chi connectivity index (χ0v) is 8.83. The van der Waals surface area contributed by atoms with Crippen molar-refractivity contribution in [3.63, 3.8) is 0 Å². The first-order chi connectivity index (χ1) is 6.54. The Kier molecular flexibility index (Phi) is 2.08. The predicted octanol–water partition coefficient (Wildman–Crippen LogP) is 0.886. The van der Waals surface area contributed by atoms with E-state index in [1.807, 2.05) is 6.92 Å². The number of epoxide rings is 1. The number of methoxy groups -OCH3 is 1. The molecule has 0 aliphatic carbocycles. The quantitative estimate of drug-likeness (QED) is 0.490. The minimum absolute atomic E-state index is 0.0339. The van der Waals surface area contributed by atoms with E-state index in [4.69, 9.17) is 14.2 Å². The molecule has 0 amide bonds. The highest BCUT2D eigenvalue weighted by Crippen LogP contribution is 2.53. The minimum Gasteiger partial charge on any atom is -0.467 e. The topological polar surface area (TPSA) is 48.1 Å². The lowest BCUT2D eigenvalue weighted by atomic mass is 9.89. The zero-order valence-electron chi connectivity index (χ0n) is 8.83. The monoisotopic (exact) mass is 200 g/mol. The van der Waals surface area contributed by atoms with Crippen LogP contribution in [0.15, 0.2) is 0 Å². The van der Waals surface area contributed by atoms with Gasteiger partial charge in [0.1, 0.15) is 5.60 Å². The maximum absolute atomic E-state index is 11.5. The van der Waals surface area contributed by atoms with Crippen molar-refractivity contribution in [3.8, 4) is 0 Å². The van der Waals surface area contributed by atoms with E-state index in [2.05, 4.69) is 0 Å². The fraction of sp³-hybridized carbons (Fsp3) is 0.900. The van der Waals surface area contributed by atoms with Crippen LogP contribution < -0.4 is 0 Å². The molecule has 0 aromatic carbocycles. The second-order valence-corrected chi connectivity index (χ2v) is 4.24. The molecular weight excluding hydrogens is 184 g/mol. The third-order valence-corrected chi connectivity index (χ3v) is 3.44. The molecule has 0 N–H and O–H groups in total. The van der Waals surface area contributed by atoms with Gasteiger partial charge in [-0.25, -0.2) is 4.79 Å². The Labute approximate surface area is 83.5 Å². The van der Waals surface area contributed by atoms with Crippen LogP contribution in [0, 0.1) is 0 Å². The number of esters is 1. The van der Waals surface area contributed by atoms with E-state index in [9.17, 15) is 4.79 Å². The van der Waals surface area contributed by atoms with Gasteiger partial charge in [-0.3, -0.25) is 0 Å². The summed E-state index contributed by atoms with van der Waals surface area (Å²) in [6.07, 6.45) is 2.04. The van der Waals surface area contributed by atoms with Gasteiger partial charge in [0.05, 0.1) is 13.2 Å². The summed E-state index contributed by atoms with van der Waals surface area (Å²) in [6, 6.07) is 0. The van der Waals surface area contributed by atoms with E-state index in [1.165, 1.54) is 7.11 Å². The van der Waals surface area contributed by atoms with Crippen molar-refractivity contribution in [2.24, 2.45) is 0 Å². The first kappa shape index (κ1) is 9.93. The largest absolute Gasteiger partial charge is 0.467 e. The molecule has 0 saturated carbocycles. The molecule has 2 aliphatic heterocycles.